The number of hydrogen-bond donors (Lipinski definition) is 1. The second kappa shape index (κ2) is 4.49. The molecular formula is C14H13N3O. The van der Waals surface area contributed by atoms with Crippen molar-refractivity contribution in [3.63, 3.8) is 0 Å². The monoisotopic (exact) mass is 239 g/mol. The van der Waals surface area contributed by atoms with Crippen LogP contribution in [0.2, 0.25) is 0 Å². The molecule has 0 fully saturated rings. The molecule has 3 heterocycles. The first-order chi connectivity index (χ1) is 8.86. The molecule has 1 N–H and O–H groups in total. The number of nitrogens with zero attached hydrogens (tertiary/aromatic N) is 2. The van der Waals surface area contributed by atoms with Crippen molar-refractivity contribution in [2.75, 3.05) is 7.11 Å². The Morgan fingerprint density at radius 1 is 1.33 bits per heavy atom. The Morgan fingerprint density at radius 3 is 3.06 bits per heavy atom. The molecule has 0 aliphatic rings. The van der Waals surface area contributed by atoms with Crippen LogP contribution in [-0.2, 0) is 6.42 Å². The number of aromatic amines is 1. The predicted octanol–water partition coefficient (Wildman–Crippen LogP) is 2.56. The first-order valence-electron chi connectivity index (χ1n) is 5.76. The molecule has 0 aromatic carbocycles. The lowest BCUT2D eigenvalue weighted by Gasteiger charge is -2.01. The summed E-state index contributed by atoms with van der Waals surface area (Å²) in [7, 11) is 1.65. The zero-order chi connectivity index (χ0) is 12.4. The van der Waals surface area contributed by atoms with E-state index in [2.05, 4.69) is 21.0 Å². The van der Waals surface area contributed by atoms with Gasteiger partial charge in [-0.2, -0.15) is 0 Å². The lowest BCUT2D eigenvalue weighted by molar-refractivity contribution is 0.413. The van der Waals surface area contributed by atoms with Crippen molar-refractivity contribution < 1.29 is 4.74 Å². The Kier molecular flexibility index (Phi) is 2.68. The maximum atomic E-state index is 5.21. The van der Waals surface area contributed by atoms with Gasteiger partial charge >= 0.3 is 0 Å². The van der Waals surface area contributed by atoms with Gasteiger partial charge in [0.2, 0.25) is 0 Å². The highest BCUT2D eigenvalue weighted by atomic mass is 16.5. The number of ether oxygens (including phenoxy) is 1. The Hall–Kier alpha value is -2.36. The highest BCUT2D eigenvalue weighted by Gasteiger charge is 2.07. The number of fused-ring (bicyclic) bond motifs is 1. The van der Waals surface area contributed by atoms with Crippen molar-refractivity contribution in [1.82, 2.24) is 15.0 Å². The van der Waals surface area contributed by atoms with Crippen LogP contribution in [0.15, 0.2) is 43.0 Å². The highest BCUT2D eigenvalue weighted by Crippen LogP contribution is 2.23. The molecule has 0 radical (unpaired) electrons. The summed E-state index contributed by atoms with van der Waals surface area (Å²) in [4.78, 5) is 11.6. The van der Waals surface area contributed by atoms with E-state index in [9.17, 15) is 0 Å². The van der Waals surface area contributed by atoms with Gasteiger partial charge in [0.05, 0.1) is 13.3 Å². The van der Waals surface area contributed by atoms with Gasteiger partial charge in [-0.3, -0.25) is 4.98 Å². The largest absolute Gasteiger partial charge is 0.495 e. The minimum absolute atomic E-state index is 0.773. The Balaban J connectivity index is 2.01. The van der Waals surface area contributed by atoms with Gasteiger partial charge in [0, 0.05) is 30.4 Å². The van der Waals surface area contributed by atoms with Gasteiger partial charge in [-0.25, -0.2) is 4.98 Å². The van der Waals surface area contributed by atoms with E-state index < -0.39 is 0 Å². The van der Waals surface area contributed by atoms with E-state index in [1.807, 2.05) is 24.5 Å². The average molecular weight is 239 g/mol. The molecule has 3 aromatic heterocycles. The summed E-state index contributed by atoms with van der Waals surface area (Å²) in [5, 5.41) is 1.10. The second-order valence-electron chi connectivity index (χ2n) is 4.12. The quantitative estimate of drug-likeness (QED) is 0.764. The fraction of sp³-hybridized carbons (Fsp3) is 0.143. The van der Waals surface area contributed by atoms with Crippen molar-refractivity contribution in [3.8, 4) is 5.75 Å². The number of pyridine rings is 2. The average Bonchev–Trinajstić information content (AvgIpc) is 2.82. The molecule has 0 atom stereocenters. The van der Waals surface area contributed by atoms with E-state index in [1.54, 1.807) is 19.5 Å². The van der Waals surface area contributed by atoms with Crippen LogP contribution < -0.4 is 4.74 Å². The van der Waals surface area contributed by atoms with Gasteiger partial charge in [0.25, 0.3) is 0 Å². The molecule has 0 bridgehead atoms. The van der Waals surface area contributed by atoms with Crippen LogP contribution in [0.25, 0.3) is 11.0 Å². The molecule has 0 saturated heterocycles. The minimum Gasteiger partial charge on any atom is -0.495 e. The third-order valence-corrected chi connectivity index (χ3v) is 2.94. The first-order valence-corrected chi connectivity index (χ1v) is 5.76. The number of methoxy groups -OCH3 is 1. The molecule has 18 heavy (non-hydrogen) atoms. The molecule has 90 valence electrons. The molecule has 0 amide bonds. The Morgan fingerprint density at radius 2 is 2.28 bits per heavy atom. The van der Waals surface area contributed by atoms with Gasteiger partial charge in [0.1, 0.15) is 11.4 Å². The van der Waals surface area contributed by atoms with Crippen molar-refractivity contribution in [3.05, 3.63) is 54.1 Å². The Labute approximate surface area is 105 Å². The van der Waals surface area contributed by atoms with Gasteiger partial charge in [-0.05, 0) is 23.3 Å². The fourth-order valence-electron chi connectivity index (χ4n) is 2.02. The van der Waals surface area contributed by atoms with Gasteiger partial charge < -0.3 is 9.72 Å². The summed E-state index contributed by atoms with van der Waals surface area (Å²) in [6, 6.07) is 6.02. The van der Waals surface area contributed by atoms with E-state index in [4.69, 9.17) is 4.74 Å². The minimum atomic E-state index is 0.773. The third kappa shape index (κ3) is 1.93. The van der Waals surface area contributed by atoms with E-state index in [1.165, 1.54) is 11.1 Å². The smallest absolute Gasteiger partial charge is 0.137 e. The molecule has 0 aliphatic heterocycles. The molecule has 0 spiro atoms. The summed E-state index contributed by atoms with van der Waals surface area (Å²) in [5.74, 6) is 0.773. The predicted molar refractivity (Wildman–Crippen MR) is 69.7 cm³/mol. The molecule has 0 aliphatic carbocycles. The maximum absolute atomic E-state index is 5.21. The molecule has 3 rings (SSSR count). The van der Waals surface area contributed by atoms with Crippen LogP contribution >= 0.6 is 0 Å². The molecular weight excluding hydrogens is 226 g/mol. The lowest BCUT2D eigenvalue weighted by atomic mass is 10.1. The topological polar surface area (TPSA) is 50.8 Å². The van der Waals surface area contributed by atoms with Gasteiger partial charge in [0.15, 0.2) is 0 Å². The van der Waals surface area contributed by atoms with E-state index in [0.29, 0.717) is 0 Å². The molecule has 4 nitrogen and oxygen atoms in total. The van der Waals surface area contributed by atoms with Gasteiger partial charge in [-0.15, -0.1) is 0 Å². The zero-order valence-corrected chi connectivity index (χ0v) is 10.1. The summed E-state index contributed by atoms with van der Waals surface area (Å²) >= 11 is 0. The van der Waals surface area contributed by atoms with Gasteiger partial charge in [-0.1, -0.05) is 6.07 Å². The SMILES string of the molecule is COc1cnc2[nH]cc(Cc3cccnc3)c2c1. The van der Waals surface area contributed by atoms with Crippen molar-refractivity contribution >= 4 is 11.0 Å². The number of rotatable bonds is 3. The van der Waals surface area contributed by atoms with Crippen LogP contribution in [0.5, 0.6) is 5.75 Å². The summed E-state index contributed by atoms with van der Waals surface area (Å²) in [5.41, 5.74) is 3.26. The Bertz CT molecular complexity index is 661. The van der Waals surface area contributed by atoms with Crippen molar-refractivity contribution in [2.45, 2.75) is 6.42 Å². The molecule has 0 saturated carbocycles. The van der Waals surface area contributed by atoms with Crippen LogP contribution in [0.3, 0.4) is 0 Å². The highest BCUT2D eigenvalue weighted by molar-refractivity contribution is 5.81. The molecule has 0 unspecified atom stereocenters. The van der Waals surface area contributed by atoms with Crippen molar-refractivity contribution in [2.24, 2.45) is 0 Å². The summed E-state index contributed by atoms with van der Waals surface area (Å²) in [6.45, 7) is 0. The second-order valence-corrected chi connectivity index (χ2v) is 4.12. The van der Waals surface area contributed by atoms with Crippen LogP contribution in [0, 0.1) is 0 Å². The summed E-state index contributed by atoms with van der Waals surface area (Å²) < 4.78 is 5.21. The lowest BCUT2D eigenvalue weighted by Crippen LogP contribution is -1.89. The van der Waals surface area contributed by atoms with E-state index >= 15 is 0 Å². The van der Waals surface area contributed by atoms with E-state index in [0.717, 1.165) is 23.2 Å². The molecule has 4 heteroatoms. The zero-order valence-electron chi connectivity index (χ0n) is 10.1. The van der Waals surface area contributed by atoms with E-state index in [-0.39, 0.29) is 0 Å². The van der Waals surface area contributed by atoms with Crippen LogP contribution in [0.4, 0.5) is 0 Å². The molecule has 3 aromatic rings. The fourth-order valence-corrected chi connectivity index (χ4v) is 2.02. The number of hydrogen-bond acceptors (Lipinski definition) is 3. The number of aromatic nitrogens is 3. The standard InChI is InChI=1S/C14H13N3O/c1-18-12-6-13-11(8-16-14(13)17-9-12)5-10-3-2-4-15-7-10/h2-4,6-9H,5H2,1H3,(H,16,17). The third-order valence-electron chi connectivity index (χ3n) is 2.94. The number of H-pyrrole nitrogens is 1. The summed E-state index contributed by atoms with van der Waals surface area (Å²) in [6.07, 6.45) is 8.20. The normalized spacial score (nSPS) is 10.7. The van der Waals surface area contributed by atoms with Crippen LogP contribution in [0.1, 0.15) is 11.1 Å². The maximum Gasteiger partial charge on any atom is 0.137 e. The van der Waals surface area contributed by atoms with Crippen molar-refractivity contribution in [1.29, 1.82) is 0 Å². The van der Waals surface area contributed by atoms with Crippen LogP contribution in [-0.4, -0.2) is 22.1 Å². The number of nitrogens with one attached hydrogen (secondary N) is 1. The first kappa shape index (κ1) is 10.8.